The van der Waals surface area contributed by atoms with Crippen molar-refractivity contribution in [2.45, 2.75) is 0 Å². The fourth-order valence-corrected chi connectivity index (χ4v) is 0.697. The van der Waals surface area contributed by atoms with E-state index < -0.39 is 0 Å². The van der Waals surface area contributed by atoms with Crippen molar-refractivity contribution in [1.82, 2.24) is 9.78 Å². The van der Waals surface area contributed by atoms with Crippen LogP contribution < -0.4 is 17.2 Å². The van der Waals surface area contributed by atoms with Crippen molar-refractivity contribution >= 4 is 30.5 Å². The molecule has 0 spiro atoms. The lowest BCUT2D eigenvalue weighted by Crippen LogP contribution is -2.21. The molecule has 0 aliphatic heterocycles. The minimum atomic E-state index is -0.175. The van der Waals surface area contributed by atoms with E-state index in [9.17, 15) is 0 Å². The van der Waals surface area contributed by atoms with Gasteiger partial charge in [0.05, 0.1) is 12.4 Å². The topological polar surface area (TPSA) is 144 Å². The first-order valence-corrected chi connectivity index (χ1v) is 3.60. The lowest BCUT2D eigenvalue weighted by atomic mass is 10.4. The molecule has 0 aromatic carbocycles. The largest absolute Gasteiger partial charge is 0.369 e. The molecule has 15 heavy (non-hydrogen) atoms. The van der Waals surface area contributed by atoms with Crippen molar-refractivity contribution in [3.63, 3.8) is 0 Å². The van der Waals surface area contributed by atoms with Crippen LogP contribution in [-0.4, -0.2) is 27.9 Å². The maximum atomic E-state index is 7.06. The van der Waals surface area contributed by atoms with Gasteiger partial charge in [0.2, 0.25) is 11.9 Å². The van der Waals surface area contributed by atoms with Gasteiger partial charge in [0, 0.05) is 11.8 Å². The molecule has 0 unspecified atom stereocenters. The molecule has 0 fully saturated rings. The Kier molecular flexibility index (Phi) is 4.82. The highest BCUT2D eigenvalue weighted by Crippen LogP contribution is 1.92. The summed E-state index contributed by atoms with van der Waals surface area (Å²) in [6.07, 6.45) is 4.40. The monoisotopic (exact) mass is 230 g/mol. The summed E-state index contributed by atoms with van der Waals surface area (Å²) in [6.45, 7) is 0. The van der Waals surface area contributed by atoms with Gasteiger partial charge in [-0.25, -0.2) is 4.68 Å². The van der Waals surface area contributed by atoms with Crippen LogP contribution in [-0.2, 0) is 0 Å². The van der Waals surface area contributed by atoms with E-state index in [0.717, 1.165) is 0 Å². The molecule has 0 saturated heterocycles. The van der Waals surface area contributed by atoms with E-state index in [1.165, 1.54) is 23.3 Å². The molecule has 7 N–H and O–H groups in total. The first-order chi connectivity index (χ1) is 6.59. The molecule has 0 saturated carbocycles. The Morgan fingerprint density at radius 2 is 2.13 bits per heavy atom. The maximum Gasteiger partial charge on any atom is 0.213 e. The molecule has 1 heterocycles. The molecule has 9 heteroatoms. The molecule has 1 aromatic heterocycles. The number of nitrogens with two attached hydrogens (primary N) is 3. The SMILES string of the molecule is Cl.N=C(N)n1cc(C=NN=C(N)N)cn1. The zero-order chi connectivity index (χ0) is 10.6. The summed E-state index contributed by atoms with van der Waals surface area (Å²) >= 11 is 0. The Bertz CT molecular complexity index is 388. The third-order valence-electron chi connectivity index (χ3n) is 1.23. The van der Waals surface area contributed by atoms with Crippen LogP contribution in [0.4, 0.5) is 0 Å². The highest BCUT2D eigenvalue weighted by atomic mass is 35.5. The predicted molar refractivity (Wildman–Crippen MR) is 60.2 cm³/mol. The zero-order valence-corrected chi connectivity index (χ0v) is 8.48. The van der Waals surface area contributed by atoms with Crippen molar-refractivity contribution in [2.75, 3.05) is 0 Å². The minimum absolute atomic E-state index is 0. The summed E-state index contributed by atoms with van der Waals surface area (Å²) in [5.74, 6) is -0.299. The van der Waals surface area contributed by atoms with Crippen molar-refractivity contribution < 1.29 is 0 Å². The standard InChI is InChI=1S/C6H10N8.ClH/c7-5(8)13-11-1-4-2-12-14(3-4)6(9)10;/h1-3H,(H3,9,10)(H4,7,8,13);1H. The second kappa shape index (κ2) is 5.60. The molecule has 8 nitrogen and oxygen atoms in total. The molecule has 82 valence electrons. The first kappa shape index (κ1) is 12.9. The van der Waals surface area contributed by atoms with Gasteiger partial charge in [-0.2, -0.15) is 10.2 Å². The molecule has 1 rings (SSSR count). The number of nitrogen functional groups attached to an aromatic ring is 1. The van der Waals surface area contributed by atoms with Crippen LogP contribution in [0.1, 0.15) is 5.56 Å². The Morgan fingerprint density at radius 1 is 1.47 bits per heavy atom. The van der Waals surface area contributed by atoms with Crippen LogP contribution in [0.5, 0.6) is 0 Å². The number of nitrogens with one attached hydrogen (secondary N) is 1. The lowest BCUT2D eigenvalue weighted by Gasteiger charge is -1.91. The highest BCUT2D eigenvalue weighted by molar-refractivity contribution is 5.85. The number of hydrogen-bond donors (Lipinski definition) is 4. The van der Waals surface area contributed by atoms with E-state index in [0.29, 0.717) is 5.56 Å². The summed E-state index contributed by atoms with van der Waals surface area (Å²) in [7, 11) is 0. The molecule has 0 atom stereocenters. The van der Waals surface area contributed by atoms with Crippen molar-refractivity contribution in [3.05, 3.63) is 18.0 Å². The summed E-state index contributed by atoms with van der Waals surface area (Å²) < 4.78 is 1.19. The van der Waals surface area contributed by atoms with Crippen LogP contribution >= 0.6 is 12.4 Å². The average molecular weight is 231 g/mol. The summed E-state index contributed by atoms with van der Waals surface area (Å²) in [6, 6.07) is 0. The van der Waals surface area contributed by atoms with Gasteiger partial charge in [-0.3, -0.25) is 5.41 Å². The van der Waals surface area contributed by atoms with Crippen LogP contribution in [0.25, 0.3) is 0 Å². The Labute approximate surface area is 91.8 Å². The molecule has 0 radical (unpaired) electrons. The third-order valence-corrected chi connectivity index (χ3v) is 1.23. The number of aromatic nitrogens is 2. The van der Waals surface area contributed by atoms with Gasteiger partial charge in [0.25, 0.3) is 0 Å². The van der Waals surface area contributed by atoms with E-state index in [1.807, 2.05) is 0 Å². The zero-order valence-electron chi connectivity index (χ0n) is 7.66. The average Bonchev–Trinajstić information content (AvgIpc) is 2.52. The highest BCUT2D eigenvalue weighted by Gasteiger charge is 1.96. The fourth-order valence-electron chi connectivity index (χ4n) is 0.697. The van der Waals surface area contributed by atoms with E-state index in [2.05, 4.69) is 15.3 Å². The Morgan fingerprint density at radius 3 is 2.60 bits per heavy atom. The molecule has 0 aliphatic rings. The van der Waals surface area contributed by atoms with Gasteiger partial charge >= 0.3 is 0 Å². The van der Waals surface area contributed by atoms with Gasteiger partial charge in [-0.1, -0.05) is 0 Å². The first-order valence-electron chi connectivity index (χ1n) is 3.60. The minimum Gasteiger partial charge on any atom is -0.369 e. The predicted octanol–water partition coefficient (Wildman–Crippen LogP) is -1.35. The van der Waals surface area contributed by atoms with Gasteiger partial charge in [0.1, 0.15) is 0 Å². The van der Waals surface area contributed by atoms with Gasteiger partial charge in [-0.05, 0) is 0 Å². The van der Waals surface area contributed by atoms with Crippen molar-refractivity contribution in [2.24, 2.45) is 27.4 Å². The van der Waals surface area contributed by atoms with E-state index in [-0.39, 0.29) is 24.3 Å². The molecule has 0 aliphatic carbocycles. The molecule has 0 bridgehead atoms. The normalized spacial score (nSPS) is 9.60. The van der Waals surface area contributed by atoms with Crippen molar-refractivity contribution in [1.29, 1.82) is 5.41 Å². The summed E-state index contributed by atoms with van der Waals surface area (Å²) in [5.41, 5.74) is 15.9. The third kappa shape index (κ3) is 4.09. The van der Waals surface area contributed by atoms with Crippen molar-refractivity contribution in [3.8, 4) is 0 Å². The fraction of sp³-hybridized carbons (Fsp3) is 0. The maximum absolute atomic E-state index is 7.06. The Hall–Kier alpha value is -2.09. The quantitative estimate of drug-likeness (QED) is 0.283. The Balaban J connectivity index is 0.00000196. The summed E-state index contributed by atoms with van der Waals surface area (Å²) in [5, 5.41) is 17.8. The molecule has 0 amide bonds. The molecular weight excluding hydrogens is 220 g/mol. The van der Waals surface area contributed by atoms with Gasteiger partial charge < -0.3 is 17.2 Å². The van der Waals surface area contributed by atoms with Gasteiger partial charge in [0.15, 0.2) is 0 Å². The second-order valence-corrected chi connectivity index (χ2v) is 2.37. The second-order valence-electron chi connectivity index (χ2n) is 2.37. The number of nitrogens with zero attached hydrogens (tertiary/aromatic N) is 4. The lowest BCUT2D eigenvalue weighted by molar-refractivity contribution is 0.911. The van der Waals surface area contributed by atoms with E-state index >= 15 is 0 Å². The van der Waals surface area contributed by atoms with Crippen LogP contribution in [0.3, 0.4) is 0 Å². The molecule has 1 aromatic rings. The number of halogens is 1. The number of hydrogen-bond acceptors (Lipinski definition) is 4. The smallest absolute Gasteiger partial charge is 0.213 e. The number of guanidine groups is 1. The summed E-state index contributed by atoms with van der Waals surface area (Å²) in [4.78, 5) is 0. The molecular formula is C6H11ClN8. The number of rotatable bonds is 2. The van der Waals surface area contributed by atoms with Crippen LogP contribution in [0, 0.1) is 5.41 Å². The van der Waals surface area contributed by atoms with Crippen LogP contribution in [0.15, 0.2) is 22.6 Å². The van der Waals surface area contributed by atoms with E-state index in [4.69, 9.17) is 22.6 Å². The van der Waals surface area contributed by atoms with Crippen LogP contribution in [0.2, 0.25) is 0 Å². The van der Waals surface area contributed by atoms with E-state index in [1.54, 1.807) is 0 Å². The van der Waals surface area contributed by atoms with Gasteiger partial charge in [-0.15, -0.1) is 17.5 Å².